The van der Waals surface area contributed by atoms with Crippen LogP contribution in [0.15, 0.2) is 18.2 Å². The lowest BCUT2D eigenvalue weighted by atomic mass is 9.89. The van der Waals surface area contributed by atoms with E-state index in [9.17, 15) is 4.79 Å². The average molecular weight is 272 g/mol. The molecule has 0 saturated heterocycles. The molecule has 1 aliphatic carbocycles. The number of nitrogens with one attached hydrogen (secondary N) is 2. The normalized spacial score (nSPS) is 21.6. The van der Waals surface area contributed by atoms with Crippen molar-refractivity contribution in [3.05, 3.63) is 29.3 Å². The number of hydrogen-bond acceptors (Lipinski definition) is 2. The molecule has 20 heavy (non-hydrogen) atoms. The van der Waals surface area contributed by atoms with Gasteiger partial charge in [0.25, 0.3) is 0 Å². The highest BCUT2D eigenvalue weighted by Gasteiger charge is 2.33. The highest BCUT2D eigenvalue weighted by Crippen LogP contribution is 2.43. The topological polar surface area (TPSA) is 41.1 Å². The first-order valence-electron chi connectivity index (χ1n) is 7.79. The van der Waals surface area contributed by atoms with Crippen molar-refractivity contribution >= 4 is 11.6 Å². The van der Waals surface area contributed by atoms with E-state index in [-0.39, 0.29) is 5.91 Å². The maximum absolute atomic E-state index is 11.6. The molecule has 1 aromatic rings. The second-order valence-electron chi connectivity index (χ2n) is 6.28. The molecule has 108 valence electrons. The van der Waals surface area contributed by atoms with Gasteiger partial charge >= 0.3 is 0 Å². The molecule has 1 amide bonds. The monoisotopic (exact) mass is 272 g/mol. The SMILES string of the molecule is CNC(c1ccc2c(c1)CCCC(=O)N2)C(C)C1CC1. The van der Waals surface area contributed by atoms with Crippen LogP contribution in [-0.4, -0.2) is 13.0 Å². The van der Waals surface area contributed by atoms with Gasteiger partial charge in [-0.2, -0.15) is 0 Å². The molecule has 3 nitrogen and oxygen atoms in total. The number of aryl methyl sites for hydroxylation is 1. The number of anilines is 1. The Kier molecular flexibility index (Phi) is 3.79. The molecule has 1 aromatic carbocycles. The van der Waals surface area contributed by atoms with E-state index < -0.39 is 0 Å². The zero-order valence-electron chi connectivity index (χ0n) is 12.4. The zero-order chi connectivity index (χ0) is 14.1. The third kappa shape index (κ3) is 2.73. The van der Waals surface area contributed by atoms with Crippen LogP contribution in [0, 0.1) is 11.8 Å². The first-order chi connectivity index (χ1) is 9.69. The van der Waals surface area contributed by atoms with Crippen LogP contribution in [0.25, 0.3) is 0 Å². The molecule has 2 unspecified atom stereocenters. The fourth-order valence-electron chi connectivity index (χ4n) is 3.42. The number of fused-ring (bicyclic) bond motifs is 1. The van der Waals surface area contributed by atoms with Crippen LogP contribution in [0.2, 0.25) is 0 Å². The molecule has 0 spiro atoms. The third-order valence-corrected chi connectivity index (χ3v) is 4.81. The summed E-state index contributed by atoms with van der Waals surface area (Å²) in [5.41, 5.74) is 3.66. The van der Waals surface area contributed by atoms with Gasteiger partial charge in [0, 0.05) is 18.2 Å². The van der Waals surface area contributed by atoms with Crippen LogP contribution in [0.5, 0.6) is 0 Å². The van der Waals surface area contributed by atoms with Crippen molar-refractivity contribution in [1.82, 2.24) is 5.32 Å². The molecule has 1 saturated carbocycles. The van der Waals surface area contributed by atoms with Crippen LogP contribution < -0.4 is 10.6 Å². The van der Waals surface area contributed by atoms with Crippen LogP contribution in [-0.2, 0) is 11.2 Å². The number of carbonyl (C=O) groups is 1. The summed E-state index contributed by atoms with van der Waals surface area (Å²) in [4.78, 5) is 11.6. The summed E-state index contributed by atoms with van der Waals surface area (Å²) in [6.45, 7) is 2.35. The molecule has 2 atom stereocenters. The predicted molar refractivity (Wildman–Crippen MR) is 81.7 cm³/mol. The van der Waals surface area contributed by atoms with Gasteiger partial charge in [-0.25, -0.2) is 0 Å². The Morgan fingerprint density at radius 3 is 2.80 bits per heavy atom. The Hall–Kier alpha value is -1.35. The molecule has 1 fully saturated rings. The Bertz CT molecular complexity index is 508. The average Bonchev–Trinajstić information content (AvgIpc) is 3.25. The van der Waals surface area contributed by atoms with E-state index in [1.54, 1.807) is 0 Å². The molecule has 1 aliphatic heterocycles. The Labute approximate surface area is 121 Å². The number of carbonyl (C=O) groups excluding carboxylic acids is 1. The van der Waals surface area contributed by atoms with Crippen molar-refractivity contribution in [2.45, 2.75) is 45.1 Å². The summed E-state index contributed by atoms with van der Waals surface area (Å²) < 4.78 is 0. The lowest BCUT2D eigenvalue weighted by Gasteiger charge is -2.25. The van der Waals surface area contributed by atoms with Crippen molar-refractivity contribution in [3.8, 4) is 0 Å². The fourth-order valence-corrected chi connectivity index (χ4v) is 3.42. The summed E-state index contributed by atoms with van der Waals surface area (Å²) in [5, 5.41) is 6.49. The summed E-state index contributed by atoms with van der Waals surface area (Å²) in [6.07, 6.45) is 5.33. The molecule has 0 aromatic heterocycles. The van der Waals surface area contributed by atoms with E-state index in [1.165, 1.54) is 24.0 Å². The van der Waals surface area contributed by atoms with E-state index >= 15 is 0 Å². The Morgan fingerprint density at radius 1 is 1.30 bits per heavy atom. The van der Waals surface area contributed by atoms with Crippen LogP contribution in [0.4, 0.5) is 5.69 Å². The lowest BCUT2D eigenvalue weighted by molar-refractivity contribution is -0.116. The van der Waals surface area contributed by atoms with Crippen molar-refractivity contribution in [2.75, 3.05) is 12.4 Å². The largest absolute Gasteiger partial charge is 0.326 e. The van der Waals surface area contributed by atoms with Crippen molar-refractivity contribution in [3.63, 3.8) is 0 Å². The van der Waals surface area contributed by atoms with E-state index in [0.717, 1.165) is 24.4 Å². The molecular formula is C17H24N2O. The van der Waals surface area contributed by atoms with Gasteiger partial charge in [0.1, 0.15) is 0 Å². The van der Waals surface area contributed by atoms with Gasteiger partial charge in [-0.05, 0) is 61.8 Å². The van der Waals surface area contributed by atoms with E-state index in [4.69, 9.17) is 0 Å². The Morgan fingerprint density at radius 2 is 2.10 bits per heavy atom. The highest BCUT2D eigenvalue weighted by molar-refractivity contribution is 5.92. The van der Waals surface area contributed by atoms with Gasteiger partial charge < -0.3 is 10.6 Å². The van der Waals surface area contributed by atoms with Gasteiger partial charge in [0.05, 0.1) is 0 Å². The smallest absolute Gasteiger partial charge is 0.224 e. The summed E-state index contributed by atoms with van der Waals surface area (Å²) >= 11 is 0. The fraction of sp³-hybridized carbons (Fsp3) is 0.588. The molecular weight excluding hydrogens is 248 g/mol. The summed E-state index contributed by atoms with van der Waals surface area (Å²) in [5.74, 6) is 1.71. The predicted octanol–water partition coefficient (Wildman–Crippen LogP) is 3.27. The minimum Gasteiger partial charge on any atom is -0.326 e. The standard InChI is InChI=1S/C17H24N2O/c1-11(12-6-7-12)17(18-2)14-8-9-15-13(10-14)4-3-5-16(20)19-15/h8-12,17-18H,3-7H2,1-2H3,(H,19,20). The minimum absolute atomic E-state index is 0.146. The maximum atomic E-state index is 11.6. The van der Waals surface area contributed by atoms with Crippen molar-refractivity contribution in [1.29, 1.82) is 0 Å². The van der Waals surface area contributed by atoms with Gasteiger partial charge in [0.15, 0.2) is 0 Å². The second-order valence-corrected chi connectivity index (χ2v) is 6.28. The second kappa shape index (κ2) is 5.57. The number of benzene rings is 1. The Balaban J connectivity index is 1.86. The molecule has 3 rings (SSSR count). The minimum atomic E-state index is 0.146. The molecule has 1 heterocycles. The van der Waals surface area contributed by atoms with Gasteiger partial charge in [-0.1, -0.05) is 19.1 Å². The van der Waals surface area contributed by atoms with Crippen molar-refractivity contribution in [2.24, 2.45) is 11.8 Å². The number of hydrogen-bond donors (Lipinski definition) is 2. The lowest BCUT2D eigenvalue weighted by Crippen LogP contribution is -2.25. The van der Waals surface area contributed by atoms with Gasteiger partial charge in [-0.15, -0.1) is 0 Å². The summed E-state index contributed by atoms with van der Waals surface area (Å²) in [7, 11) is 2.05. The molecule has 0 radical (unpaired) electrons. The molecule has 0 bridgehead atoms. The first kappa shape index (κ1) is 13.6. The highest BCUT2D eigenvalue weighted by atomic mass is 16.1. The van der Waals surface area contributed by atoms with E-state index in [2.05, 4.69) is 42.8 Å². The van der Waals surface area contributed by atoms with Gasteiger partial charge in [-0.3, -0.25) is 4.79 Å². The molecule has 2 N–H and O–H groups in total. The summed E-state index contributed by atoms with van der Waals surface area (Å²) in [6, 6.07) is 6.97. The molecule has 3 heteroatoms. The maximum Gasteiger partial charge on any atom is 0.224 e. The number of amides is 1. The van der Waals surface area contributed by atoms with Crippen molar-refractivity contribution < 1.29 is 4.79 Å². The van der Waals surface area contributed by atoms with Gasteiger partial charge in [0.2, 0.25) is 5.91 Å². The van der Waals surface area contributed by atoms with Crippen LogP contribution in [0.1, 0.15) is 49.8 Å². The van der Waals surface area contributed by atoms with Crippen LogP contribution in [0.3, 0.4) is 0 Å². The number of rotatable bonds is 4. The first-order valence-corrected chi connectivity index (χ1v) is 7.79. The van der Waals surface area contributed by atoms with E-state index in [1.807, 2.05) is 0 Å². The molecule has 2 aliphatic rings. The van der Waals surface area contributed by atoms with E-state index in [0.29, 0.717) is 18.4 Å². The van der Waals surface area contributed by atoms with Crippen LogP contribution >= 0.6 is 0 Å². The quantitative estimate of drug-likeness (QED) is 0.883. The third-order valence-electron chi connectivity index (χ3n) is 4.81. The zero-order valence-corrected chi connectivity index (χ0v) is 12.4.